The Hall–Kier alpha value is -4.04. The minimum atomic E-state index is -0.0449. The van der Waals surface area contributed by atoms with Gasteiger partial charge in [-0.25, -0.2) is 0 Å². The molecule has 0 aliphatic carbocycles. The average Bonchev–Trinajstić information content (AvgIpc) is 3.62. The standard InChI is InChI=1S/C30H31N5O2S/c1-20-17-24(21(2)35(20)23-12-13-26-27(18-23)37-19-36-26)29-28(25-11-6-7-14-32-25)33-30(38)34(29)16-8-15-31-22-9-4-3-5-10-22/h3-7,9-14,17-18,28-29,31H,8,15-16,19H2,1-2H3,(H,33,38). The molecule has 8 heteroatoms. The molecule has 0 spiro atoms. The molecule has 2 aromatic heterocycles. The number of nitrogens with zero attached hydrogens (tertiary/aromatic N) is 3. The second-order valence-electron chi connectivity index (χ2n) is 9.67. The van der Waals surface area contributed by atoms with E-state index in [9.17, 15) is 0 Å². The fourth-order valence-electron chi connectivity index (χ4n) is 5.53. The van der Waals surface area contributed by atoms with Crippen LogP contribution in [0.1, 0.15) is 41.1 Å². The summed E-state index contributed by atoms with van der Waals surface area (Å²) in [5.74, 6) is 1.56. The van der Waals surface area contributed by atoms with E-state index in [2.05, 4.69) is 64.3 Å². The van der Waals surface area contributed by atoms with Crippen molar-refractivity contribution in [3.05, 3.63) is 102 Å². The van der Waals surface area contributed by atoms with E-state index in [1.165, 1.54) is 11.3 Å². The summed E-state index contributed by atoms with van der Waals surface area (Å²) >= 11 is 5.90. The number of para-hydroxylation sites is 1. The molecule has 1 fully saturated rings. The molecule has 4 heterocycles. The minimum absolute atomic E-state index is 0.0167. The maximum Gasteiger partial charge on any atom is 0.231 e. The smallest absolute Gasteiger partial charge is 0.231 e. The van der Waals surface area contributed by atoms with Crippen molar-refractivity contribution in [1.29, 1.82) is 0 Å². The number of anilines is 1. The first-order valence-corrected chi connectivity index (χ1v) is 13.4. The maximum atomic E-state index is 5.90. The lowest BCUT2D eigenvalue weighted by Crippen LogP contribution is -2.31. The molecule has 0 saturated carbocycles. The van der Waals surface area contributed by atoms with Gasteiger partial charge in [0.15, 0.2) is 16.6 Å². The van der Waals surface area contributed by atoms with E-state index in [0.29, 0.717) is 0 Å². The molecule has 0 amide bonds. The molecule has 4 aromatic rings. The predicted molar refractivity (Wildman–Crippen MR) is 153 cm³/mol. The third kappa shape index (κ3) is 4.56. The van der Waals surface area contributed by atoms with E-state index in [1.807, 2.05) is 48.7 Å². The van der Waals surface area contributed by atoms with Crippen LogP contribution in [0.25, 0.3) is 5.69 Å². The molecule has 194 valence electrons. The van der Waals surface area contributed by atoms with Gasteiger partial charge in [-0.2, -0.15) is 0 Å². The van der Waals surface area contributed by atoms with Gasteiger partial charge < -0.3 is 29.6 Å². The number of rotatable bonds is 8. The van der Waals surface area contributed by atoms with Crippen LogP contribution in [0.15, 0.2) is 79.0 Å². The molecule has 38 heavy (non-hydrogen) atoms. The zero-order chi connectivity index (χ0) is 26.1. The van der Waals surface area contributed by atoms with E-state index in [-0.39, 0.29) is 18.9 Å². The Balaban J connectivity index is 1.31. The first-order chi connectivity index (χ1) is 18.6. The molecule has 1 saturated heterocycles. The van der Waals surface area contributed by atoms with Gasteiger partial charge in [-0.3, -0.25) is 4.98 Å². The lowest BCUT2D eigenvalue weighted by Gasteiger charge is -2.28. The number of fused-ring (bicyclic) bond motifs is 1. The number of thiocarbonyl (C=S) groups is 1. The van der Waals surface area contributed by atoms with Gasteiger partial charge in [0.05, 0.1) is 17.8 Å². The molecular weight excluding hydrogens is 494 g/mol. The summed E-state index contributed by atoms with van der Waals surface area (Å²) in [5, 5.41) is 7.87. The molecule has 2 unspecified atom stereocenters. The zero-order valence-corrected chi connectivity index (χ0v) is 22.4. The van der Waals surface area contributed by atoms with Gasteiger partial charge >= 0.3 is 0 Å². The highest BCUT2D eigenvalue weighted by atomic mass is 32.1. The fourth-order valence-corrected chi connectivity index (χ4v) is 5.86. The van der Waals surface area contributed by atoms with Crippen LogP contribution >= 0.6 is 12.2 Å². The van der Waals surface area contributed by atoms with Crippen molar-refractivity contribution >= 4 is 23.0 Å². The summed E-state index contributed by atoms with van der Waals surface area (Å²) in [4.78, 5) is 7.03. The van der Waals surface area contributed by atoms with Gasteiger partial charge in [0, 0.05) is 48.1 Å². The van der Waals surface area contributed by atoms with Crippen molar-refractivity contribution in [2.24, 2.45) is 0 Å². The third-order valence-corrected chi connectivity index (χ3v) is 7.63. The van der Waals surface area contributed by atoms with Crippen LogP contribution in [-0.2, 0) is 0 Å². The van der Waals surface area contributed by atoms with Crippen molar-refractivity contribution in [2.45, 2.75) is 32.4 Å². The summed E-state index contributed by atoms with van der Waals surface area (Å²) in [6, 6.07) is 24.7. The minimum Gasteiger partial charge on any atom is -0.454 e. The number of nitrogens with one attached hydrogen (secondary N) is 2. The number of aromatic nitrogens is 2. The van der Waals surface area contributed by atoms with E-state index in [4.69, 9.17) is 26.7 Å². The second-order valence-corrected chi connectivity index (χ2v) is 10.1. The molecule has 6 rings (SSSR count). The van der Waals surface area contributed by atoms with Crippen LogP contribution in [0.2, 0.25) is 0 Å². The van der Waals surface area contributed by atoms with Crippen LogP contribution in [-0.4, -0.2) is 39.4 Å². The fraction of sp³-hybridized carbons (Fsp3) is 0.267. The first kappa shape index (κ1) is 24.3. The third-order valence-electron chi connectivity index (χ3n) is 7.28. The normalized spacial score (nSPS) is 18.1. The van der Waals surface area contributed by atoms with Crippen molar-refractivity contribution in [3.63, 3.8) is 0 Å². The highest BCUT2D eigenvalue weighted by molar-refractivity contribution is 7.80. The van der Waals surface area contributed by atoms with Crippen LogP contribution < -0.4 is 20.1 Å². The van der Waals surface area contributed by atoms with Gasteiger partial charge in [0.1, 0.15) is 0 Å². The van der Waals surface area contributed by atoms with E-state index in [0.717, 1.165) is 58.9 Å². The number of aryl methyl sites for hydroxylation is 1. The maximum absolute atomic E-state index is 5.90. The Bertz CT molecular complexity index is 1440. The summed E-state index contributed by atoms with van der Waals surface area (Å²) in [6.07, 6.45) is 2.79. The summed E-state index contributed by atoms with van der Waals surface area (Å²) in [7, 11) is 0. The van der Waals surface area contributed by atoms with Crippen LogP contribution in [0.5, 0.6) is 11.5 Å². The SMILES string of the molecule is Cc1cc(C2C(c3ccccn3)NC(=S)N2CCCNc2ccccc2)c(C)n1-c1ccc2c(c1)OCO2. The second kappa shape index (κ2) is 10.4. The van der Waals surface area contributed by atoms with Crippen LogP contribution in [0.4, 0.5) is 5.69 Å². The highest BCUT2D eigenvalue weighted by Crippen LogP contribution is 2.42. The Morgan fingerprint density at radius 2 is 1.82 bits per heavy atom. The average molecular weight is 526 g/mol. The lowest BCUT2D eigenvalue weighted by atomic mass is 9.96. The molecule has 7 nitrogen and oxygen atoms in total. The molecule has 0 bridgehead atoms. The van der Waals surface area contributed by atoms with E-state index < -0.39 is 0 Å². The Morgan fingerprint density at radius 3 is 2.63 bits per heavy atom. The van der Waals surface area contributed by atoms with Gasteiger partial charge in [0.2, 0.25) is 6.79 Å². The van der Waals surface area contributed by atoms with Crippen LogP contribution in [0, 0.1) is 13.8 Å². The number of ether oxygens (including phenoxy) is 2. The number of benzene rings is 2. The summed E-state index contributed by atoms with van der Waals surface area (Å²) in [6.45, 7) is 6.27. The summed E-state index contributed by atoms with van der Waals surface area (Å²) < 4.78 is 13.5. The Morgan fingerprint density at radius 1 is 1.00 bits per heavy atom. The highest BCUT2D eigenvalue weighted by Gasteiger charge is 2.41. The molecular formula is C30H31N5O2S. The summed E-state index contributed by atoms with van der Waals surface area (Å²) in [5.41, 5.74) is 6.73. The molecule has 2 N–H and O–H groups in total. The van der Waals surface area contributed by atoms with Gasteiger partial charge in [-0.05, 0) is 80.5 Å². The number of pyridine rings is 1. The Labute approximate surface area is 228 Å². The lowest BCUT2D eigenvalue weighted by molar-refractivity contribution is 0.174. The largest absolute Gasteiger partial charge is 0.454 e. The predicted octanol–water partition coefficient (Wildman–Crippen LogP) is 5.69. The van der Waals surface area contributed by atoms with Crippen molar-refractivity contribution in [2.75, 3.05) is 25.2 Å². The Kier molecular flexibility index (Phi) is 6.64. The number of hydrogen-bond acceptors (Lipinski definition) is 5. The molecule has 2 aromatic carbocycles. The number of hydrogen-bond donors (Lipinski definition) is 2. The van der Waals surface area contributed by atoms with E-state index >= 15 is 0 Å². The molecule has 2 aliphatic heterocycles. The van der Waals surface area contributed by atoms with Crippen molar-refractivity contribution in [3.8, 4) is 17.2 Å². The van der Waals surface area contributed by atoms with E-state index in [1.54, 1.807) is 0 Å². The molecule has 2 atom stereocenters. The topological polar surface area (TPSA) is 63.6 Å². The quantitative estimate of drug-likeness (QED) is 0.226. The van der Waals surface area contributed by atoms with Gasteiger partial charge in [-0.15, -0.1) is 0 Å². The molecule has 0 radical (unpaired) electrons. The van der Waals surface area contributed by atoms with Crippen LogP contribution in [0.3, 0.4) is 0 Å². The van der Waals surface area contributed by atoms with Gasteiger partial charge in [0.25, 0.3) is 0 Å². The zero-order valence-electron chi connectivity index (χ0n) is 21.6. The van der Waals surface area contributed by atoms with Gasteiger partial charge in [-0.1, -0.05) is 24.3 Å². The van der Waals surface area contributed by atoms with Crippen molar-refractivity contribution in [1.82, 2.24) is 19.8 Å². The van der Waals surface area contributed by atoms with Crippen molar-refractivity contribution < 1.29 is 9.47 Å². The monoisotopic (exact) mass is 525 g/mol. The first-order valence-electron chi connectivity index (χ1n) is 13.0. The molecule has 2 aliphatic rings.